The summed E-state index contributed by atoms with van der Waals surface area (Å²) in [5, 5.41) is 2.67. The zero-order chi connectivity index (χ0) is 16.5. The summed E-state index contributed by atoms with van der Waals surface area (Å²) in [6, 6.07) is 5.91. The van der Waals surface area contributed by atoms with Crippen LogP contribution in [-0.4, -0.2) is 25.0 Å². The molecule has 0 atom stereocenters. The molecule has 3 N–H and O–H groups in total. The number of carbonyl (C=O) groups excluding carboxylic acids is 2. The lowest BCUT2D eigenvalue weighted by molar-refractivity contribution is -0.134. The van der Waals surface area contributed by atoms with Gasteiger partial charge >= 0.3 is 5.97 Å². The Morgan fingerprint density at radius 3 is 2.64 bits per heavy atom. The summed E-state index contributed by atoms with van der Waals surface area (Å²) < 4.78 is 5.41. The van der Waals surface area contributed by atoms with Crippen LogP contribution in [0.3, 0.4) is 0 Å². The van der Waals surface area contributed by atoms with Gasteiger partial charge in [-0.2, -0.15) is 0 Å². The van der Waals surface area contributed by atoms with Gasteiger partial charge in [0.15, 0.2) is 0 Å². The molecule has 1 aromatic carbocycles. The lowest BCUT2D eigenvalue weighted by Gasteiger charge is -2.11. The van der Waals surface area contributed by atoms with Gasteiger partial charge in [-0.05, 0) is 36.5 Å². The Hall–Kier alpha value is -1.88. The highest BCUT2D eigenvalue weighted by atomic mass is 16.5. The van der Waals surface area contributed by atoms with Crippen LogP contribution in [0.15, 0.2) is 18.2 Å². The molecule has 122 valence electrons. The predicted octanol–water partition coefficient (Wildman–Crippen LogP) is 2.27. The lowest BCUT2D eigenvalue weighted by atomic mass is 10.0. The van der Waals surface area contributed by atoms with Crippen molar-refractivity contribution in [2.75, 3.05) is 13.1 Å². The number of esters is 1. The van der Waals surface area contributed by atoms with Gasteiger partial charge in [-0.15, -0.1) is 0 Å². The summed E-state index contributed by atoms with van der Waals surface area (Å²) in [6.45, 7) is 6.98. The lowest BCUT2D eigenvalue weighted by Crippen LogP contribution is -2.28. The molecule has 0 aliphatic carbocycles. The molecular formula is C17H26N2O3. The normalized spacial score (nSPS) is 10.6. The van der Waals surface area contributed by atoms with Crippen LogP contribution in [-0.2, 0) is 9.59 Å². The summed E-state index contributed by atoms with van der Waals surface area (Å²) in [6.07, 6.45) is 1.000. The molecule has 1 aromatic rings. The Labute approximate surface area is 132 Å². The number of carbonyl (C=O) groups is 2. The largest absolute Gasteiger partial charge is 0.426 e. The van der Waals surface area contributed by atoms with Gasteiger partial charge < -0.3 is 15.8 Å². The first-order chi connectivity index (χ1) is 10.4. The van der Waals surface area contributed by atoms with Crippen molar-refractivity contribution in [3.8, 4) is 5.75 Å². The predicted molar refractivity (Wildman–Crippen MR) is 86.8 cm³/mol. The number of nitrogens with two attached hydrogens (primary N) is 1. The minimum Gasteiger partial charge on any atom is -0.426 e. The Bertz CT molecular complexity index is 513. The first-order valence-corrected chi connectivity index (χ1v) is 7.72. The quantitative estimate of drug-likeness (QED) is 0.570. The van der Waals surface area contributed by atoms with Gasteiger partial charge in [0.25, 0.3) is 0 Å². The van der Waals surface area contributed by atoms with Crippen LogP contribution in [0.5, 0.6) is 5.75 Å². The molecule has 0 aliphatic heterocycles. The number of benzene rings is 1. The summed E-state index contributed by atoms with van der Waals surface area (Å²) in [7, 11) is 0. The molecule has 1 rings (SSSR count). The fourth-order valence-corrected chi connectivity index (χ4v) is 1.95. The summed E-state index contributed by atoms with van der Waals surface area (Å²) >= 11 is 0. The third-order valence-corrected chi connectivity index (χ3v) is 3.35. The fraction of sp³-hybridized carbons (Fsp3) is 0.529. The van der Waals surface area contributed by atoms with Gasteiger partial charge in [0.1, 0.15) is 5.75 Å². The van der Waals surface area contributed by atoms with Crippen molar-refractivity contribution in [1.29, 1.82) is 0 Å². The minimum absolute atomic E-state index is 0.0868. The van der Waals surface area contributed by atoms with Crippen molar-refractivity contribution in [2.45, 2.75) is 46.0 Å². The van der Waals surface area contributed by atoms with Crippen molar-refractivity contribution >= 4 is 11.9 Å². The van der Waals surface area contributed by atoms with Gasteiger partial charge in [0.2, 0.25) is 5.91 Å². The van der Waals surface area contributed by atoms with Crippen molar-refractivity contribution in [3.63, 3.8) is 0 Å². The Kier molecular flexibility index (Phi) is 7.60. The van der Waals surface area contributed by atoms with Crippen LogP contribution in [0.2, 0.25) is 0 Å². The number of rotatable bonds is 8. The molecule has 1 amide bonds. The highest BCUT2D eigenvalue weighted by Gasteiger charge is 2.10. The van der Waals surface area contributed by atoms with Gasteiger partial charge in [-0.1, -0.05) is 26.0 Å². The number of hydrogen-bond donors (Lipinski definition) is 2. The third kappa shape index (κ3) is 6.26. The monoisotopic (exact) mass is 306 g/mol. The SMILES string of the molecule is Cc1ccc(C(C)C)cc1OC(=O)CCCC(=O)NCCN. The maximum atomic E-state index is 11.9. The Morgan fingerprint density at radius 2 is 2.00 bits per heavy atom. The van der Waals surface area contributed by atoms with E-state index in [1.54, 1.807) is 0 Å². The number of aryl methyl sites for hydroxylation is 1. The van der Waals surface area contributed by atoms with Gasteiger partial charge in [0.05, 0.1) is 0 Å². The van der Waals surface area contributed by atoms with Gasteiger partial charge in [-0.25, -0.2) is 0 Å². The van der Waals surface area contributed by atoms with Crippen molar-refractivity contribution in [3.05, 3.63) is 29.3 Å². The molecule has 0 fully saturated rings. The number of hydrogen-bond acceptors (Lipinski definition) is 4. The third-order valence-electron chi connectivity index (χ3n) is 3.35. The second-order valence-electron chi connectivity index (χ2n) is 5.65. The average molecular weight is 306 g/mol. The highest BCUT2D eigenvalue weighted by Crippen LogP contribution is 2.24. The molecule has 0 aromatic heterocycles. The molecule has 0 saturated carbocycles. The van der Waals surface area contributed by atoms with E-state index in [4.69, 9.17) is 10.5 Å². The second kappa shape index (κ2) is 9.20. The van der Waals surface area contributed by atoms with Crippen LogP contribution in [0.4, 0.5) is 0 Å². The maximum Gasteiger partial charge on any atom is 0.311 e. The van der Waals surface area contributed by atoms with Gasteiger partial charge in [-0.3, -0.25) is 9.59 Å². The van der Waals surface area contributed by atoms with Crippen LogP contribution in [0.1, 0.15) is 50.2 Å². The summed E-state index contributed by atoms with van der Waals surface area (Å²) in [4.78, 5) is 23.3. The Morgan fingerprint density at radius 1 is 1.27 bits per heavy atom. The van der Waals surface area contributed by atoms with E-state index in [-0.39, 0.29) is 18.3 Å². The molecular weight excluding hydrogens is 280 g/mol. The van der Waals surface area contributed by atoms with Crippen LogP contribution >= 0.6 is 0 Å². The van der Waals surface area contributed by atoms with Crippen LogP contribution in [0, 0.1) is 6.92 Å². The van der Waals surface area contributed by atoms with E-state index in [2.05, 4.69) is 19.2 Å². The van der Waals surface area contributed by atoms with Gasteiger partial charge in [0, 0.05) is 25.9 Å². The van der Waals surface area contributed by atoms with Crippen molar-refractivity contribution in [2.24, 2.45) is 5.73 Å². The number of amides is 1. The summed E-state index contributed by atoms with van der Waals surface area (Å²) in [5.41, 5.74) is 7.36. The molecule has 0 saturated heterocycles. The average Bonchev–Trinajstić information content (AvgIpc) is 2.47. The zero-order valence-corrected chi connectivity index (χ0v) is 13.6. The molecule has 0 bridgehead atoms. The van der Waals surface area contributed by atoms with Crippen molar-refractivity contribution < 1.29 is 14.3 Å². The van der Waals surface area contributed by atoms with E-state index in [1.807, 2.05) is 25.1 Å². The van der Waals surface area contributed by atoms with Crippen molar-refractivity contribution in [1.82, 2.24) is 5.32 Å². The highest BCUT2D eigenvalue weighted by molar-refractivity contribution is 5.77. The van der Waals surface area contributed by atoms with Crippen LogP contribution < -0.4 is 15.8 Å². The first kappa shape index (κ1) is 18.2. The first-order valence-electron chi connectivity index (χ1n) is 7.72. The molecule has 0 unspecified atom stereocenters. The maximum absolute atomic E-state index is 11.9. The molecule has 0 heterocycles. The molecule has 0 aliphatic rings. The molecule has 5 nitrogen and oxygen atoms in total. The van der Waals surface area contributed by atoms with E-state index < -0.39 is 0 Å². The standard InChI is InChI=1S/C17H26N2O3/c1-12(2)14-8-7-13(3)15(11-14)22-17(21)6-4-5-16(20)19-10-9-18/h7-8,11-12H,4-6,9-10,18H2,1-3H3,(H,19,20). The van der Waals surface area contributed by atoms with Crippen LogP contribution in [0.25, 0.3) is 0 Å². The molecule has 5 heteroatoms. The number of nitrogens with one attached hydrogen (secondary N) is 1. The molecule has 0 radical (unpaired) electrons. The fourth-order valence-electron chi connectivity index (χ4n) is 1.95. The van der Waals surface area contributed by atoms with E-state index in [0.29, 0.717) is 37.6 Å². The number of ether oxygens (including phenoxy) is 1. The second-order valence-corrected chi connectivity index (χ2v) is 5.65. The summed E-state index contributed by atoms with van der Waals surface area (Å²) in [5.74, 6) is 0.583. The van der Waals surface area contributed by atoms with E-state index >= 15 is 0 Å². The topological polar surface area (TPSA) is 81.4 Å². The van der Waals surface area contributed by atoms with E-state index in [0.717, 1.165) is 11.1 Å². The smallest absolute Gasteiger partial charge is 0.311 e. The van der Waals surface area contributed by atoms with E-state index in [9.17, 15) is 9.59 Å². The van der Waals surface area contributed by atoms with E-state index in [1.165, 1.54) is 0 Å². The Balaban J connectivity index is 2.45. The zero-order valence-electron chi connectivity index (χ0n) is 13.6. The minimum atomic E-state index is -0.310. The molecule has 22 heavy (non-hydrogen) atoms. The molecule has 0 spiro atoms.